The number of hydrogen-bond donors (Lipinski definition) is 2. The fourth-order valence-corrected chi connectivity index (χ4v) is 3.89. The Labute approximate surface area is 136 Å². The number of nitrogens with two attached hydrogens (primary N) is 1. The summed E-state index contributed by atoms with van der Waals surface area (Å²) in [5.41, 5.74) is 9.60. The van der Waals surface area contributed by atoms with Crippen molar-refractivity contribution in [2.24, 2.45) is 5.73 Å². The number of hydroxylamine groups is 1. The second kappa shape index (κ2) is 6.33. The lowest BCUT2D eigenvalue weighted by molar-refractivity contribution is -0.158. The summed E-state index contributed by atoms with van der Waals surface area (Å²) in [6.07, 6.45) is 4.20. The van der Waals surface area contributed by atoms with Gasteiger partial charge < -0.3 is 20.0 Å². The molecular formula is C14H16N2O4S2. The van der Waals surface area contributed by atoms with Crippen LogP contribution in [0.2, 0.25) is 0 Å². The van der Waals surface area contributed by atoms with Gasteiger partial charge >= 0.3 is 5.97 Å². The van der Waals surface area contributed by atoms with E-state index >= 15 is 0 Å². The predicted molar refractivity (Wildman–Crippen MR) is 86.1 cm³/mol. The zero-order chi connectivity index (χ0) is 15.6. The lowest BCUT2D eigenvalue weighted by atomic mass is 10.2. The molecule has 2 aliphatic rings. The van der Waals surface area contributed by atoms with Crippen molar-refractivity contribution in [3.05, 3.63) is 33.9 Å². The van der Waals surface area contributed by atoms with Gasteiger partial charge in [0.25, 0.3) is 0 Å². The van der Waals surface area contributed by atoms with Crippen LogP contribution in [0, 0.1) is 0 Å². The van der Waals surface area contributed by atoms with E-state index in [0.29, 0.717) is 17.9 Å². The summed E-state index contributed by atoms with van der Waals surface area (Å²) in [6.45, 7) is 0.236. The molecule has 118 valence electrons. The van der Waals surface area contributed by atoms with Crippen LogP contribution in [0.3, 0.4) is 0 Å². The Hall–Kier alpha value is -1.48. The van der Waals surface area contributed by atoms with Crippen LogP contribution < -0.4 is 16.1 Å². The zero-order valence-corrected chi connectivity index (χ0v) is 13.5. The van der Waals surface area contributed by atoms with Crippen molar-refractivity contribution in [3.8, 4) is 5.75 Å². The second-order valence-corrected chi connectivity index (χ2v) is 6.90. The largest absolute Gasteiger partial charge is 0.466 e. The summed E-state index contributed by atoms with van der Waals surface area (Å²) in [6, 6.07) is 1.59. The third kappa shape index (κ3) is 2.87. The molecule has 3 heterocycles. The van der Waals surface area contributed by atoms with E-state index in [0.717, 1.165) is 4.88 Å². The van der Waals surface area contributed by atoms with Crippen molar-refractivity contribution >= 4 is 34.8 Å². The Kier molecular flexibility index (Phi) is 4.44. The van der Waals surface area contributed by atoms with E-state index in [1.54, 1.807) is 0 Å². The van der Waals surface area contributed by atoms with Crippen molar-refractivity contribution in [1.29, 1.82) is 0 Å². The normalized spacial score (nSPS) is 26.8. The van der Waals surface area contributed by atoms with Gasteiger partial charge in [-0.3, -0.25) is 0 Å². The summed E-state index contributed by atoms with van der Waals surface area (Å²) in [7, 11) is 1.36. The Bertz CT molecular complexity index is 618. The van der Waals surface area contributed by atoms with E-state index in [1.165, 1.54) is 30.2 Å². The van der Waals surface area contributed by atoms with E-state index in [1.807, 2.05) is 29.0 Å². The van der Waals surface area contributed by atoms with Crippen LogP contribution in [0.4, 0.5) is 0 Å². The minimum atomic E-state index is -1.02. The van der Waals surface area contributed by atoms with Gasteiger partial charge in [-0.2, -0.15) is 0 Å². The Balaban J connectivity index is 1.68. The first-order valence-electron chi connectivity index (χ1n) is 6.67. The molecule has 3 N–H and O–H groups in total. The number of carbonyl (C=O) groups is 1. The van der Waals surface area contributed by atoms with E-state index in [9.17, 15) is 4.79 Å². The number of thioether (sulfide) groups is 1. The molecule has 0 fully saturated rings. The Morgan fingerprint density at radius 3 is 3.23 bits per heavy atom. The molecule has 0 spiro atoms. The molecule has 2 unspecified atom stereocenters. The molecule has 0 aliphatic carbocycles. The molecule has 8 heteroatoms. The summed E-state index contributed by atoms with van der Waals surface area (Å²) in [5.74, 6) is 0.300. The number of carbonyl (C=O) groups excluding carboxylic acids is 1. The van der Waals surface area contributed by atoms with Crippen LogP contribution in [0.5, 0.6) is 5.75 Å². The fraction of sp³-hybridized carbons (Fsp3) is 0.357. The summed E-state index contributed by atoms with van der Waals surface area (Å²) in [5, 5.41) is 3.76. The number of ether oxygens (including phenoxy) is 2. The minimum Gasteiger partial charge on any atom is -0.466 e. The summed E-state index contributed by atoms with van der Waals surface area (Å²) in [4.78, 5) is 17.4. The third-order valence-corrected chi connectivity index (χ3v) is 5.43. The van der Waals surface area contributed by atoms with Gasteiger partial charge in [-0.25, -0.2) is 4.79 Å². The highest BCUT2D eigenvalue weighted by Gasteiger charge is 2.43. The molecule has 0 radical (unpaired) electrons. The van der Waals surface area contributed by atoms with Gasteiger partial charge in [0.2, 0.25) is 4.93 Å². The van der Waals surface area contributed by atoms with E-state index in [4.69, 9.17) is 20.0 Å². The van der Waals surface area contributed by atoms with Crippen LogP contribution in [-0.4, -0.2) is 30.7 Å². The standard InChI is InChI=1S/C14H16N2O4S2/c1-18-13(17)14(4-2-5-22-14)19-8-9-7-10(15)12-11(20-16-9)3-6-21-12/h2-3,5-7,9,16H,4,8,15H2,1H3. The second-order valence-electron chi connectivity index (χ2n) is 4.81. The molecule has 0 saturated carbocycles. The van der Waals surface area contributed by atoms with Gasteiger partial charge in [0.15, 0.2) is 5.75 Å². The molecule has 2 atom stereocenters. The molecule has 22 heavy (non-hydrogen) atoms. The lowest BCUT2D eigenvalue weighted by Gasteiger charge is -2.27. The van der Waals surface area contributed by atoms with Gasteiger partial charge in [0.1, 0.15) is 0 Å². The molecule has 3 rings (SSSR count). The van der Waals surface area contributed by atoms with Gasteiger partial charge in [-0.15, -0.1) is 16.8 Å². The number of rotatable bonds is 4. The Morgan fingerprint density at radius 2 is 2.50 bits per heavy atom. The van der Waals surface area contributed by atoms with Crippen LogP contribution in [-0.2, 0) is 14.3 Å². The molecule has 1 aromatic heterocycles. The van der Waals surface area contributed by atoms with Crippen molar-refractivity contribution in [1.82, 2.24) is 5.48 Å². The quantitative estimate of drug-likeness (QED) is 0.809. The number of methoxy groups -OCH3 is 1. The van der Waals surface area contributed by atoms with Gasteiger partial charge in [-0.05, 0) is 22.9 Å². The van der Waals surface area contributed by atoms with Gasteiger partial charge in [0, 0.05) is 6.42 Å². The number of nitrogens with one attached hydrogen (secondary N) is 1. The van der Waals surface area contributed by atoms with Crippen LogP contribution in [0.25, 0.3) is 5.70 Å². The third-order valence-electron chi connectivity index (χ3n) is 3.33. The van der Waals surface area contributed by atoms with E-state index in [-0.39, 0.29) is 12.6 Å². The smallest absolute Gasteiger partial charge is 0.349 e. The molecule has 1 aromatic rings. The maximum Gasteiger partial charge on any atom is 0.349 e. The first kappa shape index (κ1) is 15.4. The van der Waals surface area contributed by atoms with E-state index in [2.05, 4.69) is 5.48 Å². The average Bonchev–Trinajstić information content (AvgIpc) is 3.16. The van der Waals surface area contributed by atoms with Crippen molar-refractivity contribution in [3.63, 3.8) is 0 Å². The topological polar surface area (TPSA) is 82.8 Å². The summed E-state index contributed by atoms with van der Waals surface area (Å²) >= 11 is 2.82. The highest BCUT2D eigenvalue weighted by molar-refractivity contribution is 8.04. The zero-order valence-electron chi connectivity index (χ0n) is 11.9. The first-order valence-corrected chi connectivity index (χ1v) is 8.43. The number of esters is 1. The van der Waals surface area contributed by atoms with Crippen LogP contribution in [0.1, 0.15) is 11.3 Å². The minimum absolute atomic E-state index is 0.236. The molecular weight excluding hydrogens is 324 g/mol. The molecule has 0 aromatic carbocycles. The van der Waals surface area contributed by atoms with E-state index < -0.39 is 10.9 Å². The average molecular weight is 340 g/mol. The van der Waals surface area contributed by atoms with Crippen LogP contribution in [0.15, 0.2) is 29.0 Å². The maximum atomic E-state index is 12.0. The molecule has 6 nitrogen and oxygen atoms in total. The number of fused-ring (bicyclic) bond motifs is 1. The lowest BCUT2D eigenvalue weighted by Crippen LogP contribution is -2.42. The molecule has 0 saturated heterocycles. The SMILES string of the molecule is COC(=O)C1(OCC2C=C(N)c3sccc3ON2)CC=CS1. The molecule has 0 bridgehead atoms. The number of thiophene rings is 1. The van der Waals surface area contributed by atoms with Gasteiger partial charge in [0.05, 0.1) is 30.3 Å². The number of hydrogen-bond acceptors (Lipinski definition) is 8. The highest BCUT2D eigenvalue weighted by Crippen LogP contribution is 2.39. The fourth-order valence-electron chi connectivity index (χ4n) is 2.21. The van der Waals surface area contributed by atoms with Gasteiger partial charge in [-0.1, -0.05) is 17.8 Å². The molecule has 0 amide bonds. The maximum absolute atomic E-state index is 12.0. The van der Waals surface area contributed by atoms with Crippen molar-refractivity contribution in [2.45, 2.75) is 17.4 Å². The predicted octanol–water partition coefficient (Wildman–Crippen LogP) is 1.85. The van der Waals surface area contributed by atoms with Crippen molar-refractivity contribution < 1.29 is 19.1 Å². The first-order chi connectivity index (χ1) is 10.6. The Morgan fingerprint density at radius 1 is 1.64 bits per heavy atom. The molecule has 2 aliphatic heterocycles. The highest BCUT2D eigenvalue weighted by atomic mass is 32.2. The summed E-state index contributed by atoms with van der Waals surface area (Å²) < 4.78 is 10.7. The van der Waals surface area contributed by atoms with Crippen molar-refractivity contribution in [2.75, 3.05) is 13.7 Å². The van der Waals surface area contributed by atoms with Crippen LogP contribution >= 0.6 is 23.1 Å². The monoisotopic (exact) mass is 340 g/mol.